The molecule has 3 rings (SSSR count). The molecule has 0 spiro atoms. The van der Waals surface area contributed by atoms with E-state index in [0.717, 1.165) is 0 Å². The highest BCUT2D eigenvalue weighted by atomic mass is 35.5. The van der Waals surface area contributed by atoms with Gasteiger partial charge >= 0.3 is 0 Å². The van der Waals surface area contributed by atoms with Crippen LogP contribution in [0.3, 0.4) is 0 Å². The van der Waals surface area contributed by atoms with Gasteiger partial charge in [-0.05, 0) is 42.8 Å². The van der Waals surface area contributed by atoms with Crippen molar-refractivity contribution in [2.45, 2.75) is 13.0 Å². The lowest BCUT2D eigenvalue weighted by molar-refractivity contribution is -0.140. The first-order valence-corrected chi connectivity index (χ1v) is 10.3. The number of ketones is 1. The number of likely N-dealkylation sites (tertiary alicyclic amines) is 1. The van der Waals surface area contributed by atoms with E-state index in [2.05, 4.69) is 0 Å². The number of carbonyl (C=O) groups excluding carboxylic acids is 2. The van der Waals surface area contributed by atoms with E-state index in [1.807, 2.05) is 6.92 Å². The minimum Gasteiger partial charge on any atom is -0.507 e. The van der Waals surface area contributed by atoms with Gasteiger partial charge in [0.05, 0.1) is 38.0 Å². The minimum absolute atomic E-state index is 0.0376. The lowest BCUT2D eigenvalue weighted by atomic mass is 9.95. The quantitative estimate of drug-likeness (QED) is 0.266. The van der Waals surface area contributed by atoms with Gasteiger partial charge in [-0.2, -0.15) is 0 Å². The Morgan fingerprint density at radius 3 is 2.45 bits per heavy atom. The maximum absolute atomic E-state index is 12.9. The molecule has 7 nitrogen and oxygen atoms in total. The van der Waals surface area contributed by atoms with Gasteiger partial charge in [0.25, 0.3) is 11.7 Å². The zero-order valence-corrected chi connectivity index (χ0v) is 17.8. The molecule has 1 aliphatic rings. The zero-order valence-electron chi connectivity index (χ0n) is 17.1. The second-order valence-electron chi connectivity index (χ2n) is 6.81. The van der Waals surface area contributed by atoms with Crippen molar-refractivity contribution >= 4 is 29.1 Å². The van der Waals surface area contributed by atoms with Gasteiger partial charge in [0, 0.05) is 17.1 Å². The second-order valence-corrected chi connectivity index (χ2v) is 7.21. The summed E-state index contributed by atoms with van der Waals surface area (Å²) in [7, 11) is 0. The molecule has 2 aromatic rings. The lowest BCUT2D eigenvalue weighted by Crippen LogP contribution is -2.33. The van der Waals surface area contributed by atoms with Crippen LogP contribution in [0.5, 0.6) is 5.75 Å². The Hall–Kier alpha value is -2.87. The number of carbonyl (C=O) groups is 2. The summed E-state index contributed by atoms with van der Waals surface area (Å²) >= 11 is 6.39. The summed E-state index contributed by atoms with van der Waals surface area (Å²) in [6, 6.07) is 12.6. The fourth-order valence-electron chi connectivity index (χ4n) is 3.49. The van der Waals surface area contributed by atoms with Gasteiger partial charge < -0.3 is 24.6 Å². The third kappa shape index (κ3) is 4.90. The highest BCUT2D eigenvalue weighted by Crippen LogP contribution is 2.41. The normalized spacial score (nSPS) is 17.9. The fraction of sp³-hybridized carbons (Fsp3) is 0.304. The Morgan fingerprint density at radius 2 is 1.81 bits per heavy atom. The number of amides is 1. The zero-order chi connectivity index (χ0) is 22.4. The summed E-state index contributed by atoms with van der Waals surface area (Å²) in [5.74, 6) is -1.20. The number of nitrogens with zero attached hydrogens (tertiary/aromatic N) is 1. The van der Waals surface area contributed by atoms with E-state index < -0.39 is 17.7 Å². The van der Waals surface area contributed by atoms with Gasteiger partial charge in [-0.15, -0.1) is 0 Å². The third-order valence-electron chi connectivity index (χ3n) is 4.89. The van der Waals surface area contributed by atoms with Crippen LogP contribution < -0.4 is 4.74 Å². The molecule has 1 saturated heterocycles. The van der Waals surface area contributed by atoms with Gasteiger partial charge in [0.1, 0.15) is 11.5 Å². The highest BCUT2D eigenvalue weighted by Gasteiger charge is 2.46. The van der Waals surface area contributed by atoms with Crippen LogP contribution in [0.1, 0.15) is 24.1 Å². The van der Waals surface area contributed by atoms with Gasteiger partial charge in [0.2, 0.25) is 0 Å². The van der Waals surface area contributed by atoms with Crippen molar-refractivity contribution in [2.24, 2.45) is 0 Å². The number of rotatable bonds is 9. The summed E-state index contributed by atoms with van der Waals surface area (Å²) in [5, 5.41) is 20.3. The maximum atomic E-state index is 12.9. The molecule has 1 aliphatic heterocycles. The van der Waals surface area contributed by atoms with E-state index in [4.69, 9.17) is 26.2 Å². The average molecular weight is 446 g/mol. The number of hydrogen-bond donors (Lipinski definition) is 2. The molecule has 8 heteroatoms. The highest BCUT2D eigenvalue weighted by molar-refractivity contribution is 6.47. The number of ether oxygens (including phenoxy) is 2. The summed E-state index contributed by atoms with van der Waals surface area (Å²) in [5.41, 5.74) is 0.873. The molecule has 1 unspecified atom stereocenters. The number of Topliss-reactive ketones (excluding diaryl/α,β-unsaturated/α-hetero) is 1. The molecule has 1 amide bonds. The predicted octanol–water partition coefficient (Wildman–Crippen LogP) is 3.17. The van der Waals surface area contributed by atoms with Crippen LogP contribution in [0.15, 0.2) is 54.1 Å². The Morgan fingerprint density at radius 1 is 1.10 bits per heavy atom. The van der Waals surface area contributed by atoms with Crippen molar-refractivity contribution in [2.75, 3.05) is 33.0 Å². The summed E-state index contributed by atoms with van der Waals surface area (Å²) in [4.78, 5) is 27.1. The number of aliphatic hydroxyl groups is 2. The van der Waals surface area contributed by atoms with Crippen LogP contribution in [-0.2, 0) is 14.3 Å². The first kappa shape index (κ1) is 22.8. The summed E-state index contributed by atoms with van der Waals surface area (Å²) in [6.45, 7) is 2.56. The predicted molar refractivity (Wildman–Crippen MR) is 116 cm³/mol. The van der Waals surface area contributed by atoms with Crippen LogP contribution >= 0.6 is 11.6 Å². The molecule has 2 aromatic carbocycles. The molecule has 0 aromatic heterocycles. The van der Waals surface area contributed by atoms with Crippen molar-refractivity contribution in [1.82, 2.24) is 4.90 Å². The van der Waals surface area contributed by atoms with Gasteiger partial charge in [-0.1, -0.05) is 29.8 Å². The van der Waals surface area contributed by atoms with Crippen molar-refractivity contribution in [3.05, 3.63) is 70.3 Å². The SMILES string of the molecule is CCOc1ccc(C(O)=C2C(=O)C(=O)N(CCOCCO)C2c2ccccc2Cl)cc1. The van der Waals surface area contributed by atoms with Crippen molar-refractivity contribution in [1.29, 1.82) is 0 Å². The van der Waals surface area contributed by atoms with E-state index in [0.29, 0.717) is 28.5 Å². The molecule has 164 valence electrons. The maximum Gasteiger partial charge on any atom is 0.295 e. The molecular formula is C23H24ClNO6. The van der Waals surface area contributed by atoms with E-state index in [-0.39, 0.29) is 37.7 Å². The standard InChI is InChI=1S/C23H24ClNO6/c1-2-31-16-9-7-15(8-10-16)21(27)19-20(17-5-3-4-6-18(17)24)25(23(29)22(19)28)11-13-30-14-12-26/h3-10,20,26-27H,2,11-14H2,1H3. The number of benzene rings is 2. The number of aliphatic hydroxyl groups excluding tert-OH is 2. The van der Waals surface area contributed by atoms with E-state index in [9.17, 15) is 14.7 Å². The number of halogens is 1. The van der Waals surface area contributed by atoms with Crippen LogP contribution in [0.4, 0.5) is 0 Å². The van der Waals surface area contributed by atoms with Crippen molar-refractivity contribution < 1.29 is 29.3 Å². The van der Waals surface area contributed by atoms with Crippen molar-refractivity contribution in [3.63, 3.8) is 0 Å². The molecule has 0 aliphatic carbocycles. The van der Waals surface area contributed by atoms with Gasteiger partial charge in [-0.3, -0.25) is 9.59 Å². The smallest absolute Gasteiger partial charge is 0.295 e. The first-order chi connectivity index (χ1) is 15.0. The minimum atomic E-state index is -0.863. The number of hydrogen-bond acceptors (Lipinski definition) is 6. The molecule has 1 atom stereocenters. The van der Waals surface area contributed by atoms with Crippen LogP contribution in [0.25, 0.3) is 5.76 Å². The summed E-state index contributed by atoms with van der Waals surface area (Å²) in [6.07, 6.45) is 0. The fourth-order valence-corrected chi connectivity index (χ4v) is 3.73. The Labute approximate surface area is 185 Å². The molecular weight excluding hydrogens is 422 g/mol. The van der Waals surface area contributed by atoms with Crippen LogP contribution in [0.2, 0.25) is 5.02 Å². The van der Waals surface area contributed by atoms with Crippen LogP contribution in [-0.4, -0.2) is 59.8 Å². The molecule has 31 heavy (non-hydrogen) atoms. The van der Waals surface area contributed by atoms with Crippen molar-refractivity contribution in [3.8, 4) is 5.75 Å². The second kappa shape index (κ2) is 10.4. The Bertz CT molecular complexity index is 972. The third-order valence-corrected chi connectivity index (χ3v) is 5.23. The van der Waals surface area contributed by atoms with E-state index in [1.54, 1.807) is 48.5 Å². The average Bonchev–Trinajstić information content (AvgIpc) is 3.02. The molecule has 0 radical (unpaired) electrons. The Balaban J connectivity index is 2.05. The monoisotopic (exact) mass is 445 g/mol. The molecule has 0 bridgehead atoms. The first-order valence-electron chi connectivity index (χ1n) is 9.94. The van der Waals surface area contributed by atoms with Gasteiger partial charge in [0.15, 0.2) is 0 Å². The molecule has 0 saturated carbocycles. The van der Waals surface area contributed by atoms with Gasteiger partial charge in [-0.25, -0.2) is 0 Å². The molecule has 2 N–H and O–H groups in total. The lowest BCUT2D eigenvalue weighted by Gasteiger charge is -2.26. The van der Waals surface area contributed by atoms with Crippen LogP contribution in [0, 0.1) is 0 Å². The van der Waals surface area contributed by atoms with E-state index >= 15 is 0 Å². The van der Waals surface area contributed by atoms with E-state index in [1.165, 1.54) is 4.90 Å². The topological polar surface area (TPSA) is 96.3 Å². The largest absolute Gasteiger partial charge is 0.507 e. The molecule has 1 heterocycles. The Kier molecular flexibility index (Phi) is 7.68. The summed E-state index contributed by atoms with van der Waals surface area (Å²) < 4.78 is 10.7. The molecule has 1 fully saturated rings.